The van der Waals surface area contributed by atoms with Crippen molar-refractivity contribution in [1.29, 1.82) is 0 Å². The monoisotopic (exact) mass is 350 g/mol. The number of hydrogen-bond acceptors (Lipinski definition) is 3. The number of aliphatic carboxylic acids is 2. The first kappa shape index (κ1) is 20.5. The van der Waals surface area contributed by atoms with Crippen LogP contribution in [0.3, 0.4) is 0 Å². The average molecular weight is 350 g/mol. The molecule has 0 aromatic heterocycles. The van der Waals surface area contributed by atoms with E-state index in [9.17, 15) is 19.5 Å². The molecule has 0 saturated heterocycles. The van der Waals surface area contributed by atoms with Gasteiger partial charge in [0.15, 0.2) is 0 Å². The minimum absolute atomic E-state index is 0.0675. The molecule has 0 aliphatic heterocycles. The zero-order valence-electron chi connectivity index (χ0n) is 14.6. The summed E-state index contributed by atoms with van der Waals surface area (Å²) in [5.74, 6) is -1.58. The molecular formula is C18H26N2O5. The van der Waals surface area contributed by atoms with Gasteiger partial charge in [-0.15, -0.1) is 0 Å². The molecule has 0 heterocycles. The van der Waals surface area contributed by atoms with Gasteiger partial charge in [0.25, 0.3) is 0 Å². The molecule has 0 saturated carbocycles. The number of carbonyl (C=O) groups is 3. The van der Waals surface area contributed by atoms with Crippen LogP contribution in [-0.2, 0) is 9.59 Å². The molecule has 1 atom stereocenters. The number of rotatable bonds is 10. The Bertz CT molecular complexity index is 584. The minimum atomic E-state index is -1.11. The molecule has 0 aliphatic carbocycles. The fourth-order valence-corrected chi connectivity index (χ4v) is 2.34. The zero-order valence-corrected chi connectivity index (χ0v) is 14.6. The molecule has 4 N–H and O–H groups in total. The number of anilines is 1. The SMILES string of the molecule is CC(C)c1ccc(NC(=O)N[C@@H](CCCCCC(=O)O)C(=O)O)cc1. The van der Waals surface area contributed by atoms with Crippen molar-refractivity contribution < 1.29 is 24.6 Å². The quantitative estimate of drug-likeness (QED) is 0.483. The van der Waals surface area contributed by atoms with Crippen LogP contribution in [0.25, 0.3) is 0 Å². The third-order valence-electron chi connectivity index (χ3n) is 3.82. The van der Waals surface area contributed by atoms with Crippen LogP contribution in [0.4, 0.5) is 10.5 Å². The number of amides is 2. The zero-order chi connectivity index (χ0) is 18.8. The van der Waals surface area contributed by atoms with Crippen molar-refractivity contribution in [3.8, 4) is 0 Å². The molecule has 0 fully saturated rings. The van der Waals surface area contributed by atoms with Gasteiger partial charge in [0.05, 0.1) is 0 Å². The van der Waals surface area contributed by atoms with Crippen molar-refractivity contribution >= 4 is 23.7 Å². The Balaban J connectivity index is 2.44. The largest absolute Gasteiger partial charge is 0.481 e. The lowest BCUT2D eigenvalue weighted by molar-refractivity contribution is -0.139. The first-order chi connectivity index (χ1) is 11.8. The Morgan fingerprint density at radius 2 is 1.64 bits per heavy atom. The Morgan fingerprint density at radius 1 is 1.00 bits per heavy atom. The Kier molecular flexibility index (Phi) is 8.46. The summed E-state index contributed by atoms with van der Waals surface area (Å²) in [5, 5.41) is 22.8. The number of nitrogens with one attached hydrogen (secondary N) is 2. The Labute approximate surface area is 147 Å². The summed E-state index contributed by atoms with van der Waals surface area (Å²) < 4.78 is 0. The van der Waals surface area contributed by atoms with Crippen LogP contribution in [0, 0.1) is 0 Å². The summed E-state index contributed by atoms with van der Waals surface area (Å²) >= 11 is 0. The maximum absolute atomic E-state index is 12.0. The lowest BCUT2D eigenvalue weighted by Crippen LogP contribution is -2.43. The normalized spacial score (nSPS) is 11.8. The third-order valence-corrected chi connectivity index (χ3v) is 3.82. The van der Waals surface area contributed by atoms with E-state index in [1.807, 2.05) is 12.1 Å². The Morgan fingerprint density at radius 3 is 2.16 bits per heavy atom. The number of unbranched alkanes of at least 4 members (excludes halogenated alkanes) is 2. The fraction of sp³-hybridized carbons (Fsp3) is 0.500. The number of carboxylic acids is 2. The van der Waals surface area contributed by atoms with E-state index in [4.69, 9.17) is 5.11 Å². The third kappa shape index (κ3) is 8.19. The van der Waals surface area contributed by atoms with Gasteiger partial charge in [-0.2, -0.15) is 0 Å². The fourth-order valence-electron chi connectivity index (χ4n) is 2.34. The van der Waals surface area contributed by atoms with Crippen molar-refractivity contribution in [3.05, 3.63) is 29.8 Å². The molecule has 0 aliphatic rings. The summed E-state index contributed by atoms with van der Waals surface area (Å²) in [6.07, 6.45) is 1.96. The molecule has 1 rings (SSSR count). The highest BCUT2D eigenvalue weighted by Crippen LogP contribution is 2.17. The van der Waals surface area contributed by atoms with Gasteiger partial charge in [-0.25, -0.2) is 9.59 Å². The van der Waals surface area contributed by atoms with Crippen molar-refractivity contribution in [2.75, 3.05) is 5.32 Å². The molecule has 0 unspecified atom stereocenters. The number of hydrogen-bond donors (Lipinski definition) is 4. The summed E-state index contributed by atoms with van der Waals surface area (Å²) in [6, 6.07) is 5.80. The smallest absolute Gasteiger partial charge is 0.326 e. The average Bonchev–Trinajstić information content (AvgIpc) is 2.53. The highest BCUT2D eigenvalue weighted by atomic mass is 16.4. The van der Waals surface area contributed by atoms with Crippen molar-refractivity contribution in [2.24, 2.45) is 0 Å². The lowest BCUT2D eigenvalue weighted by atomic mass is 10.0. The predicted octanol–water partition coefficient (Wildman–Crippen LogP) is 3.42. The van der Waals surface area contributed by atoms with Gasteiger partial charge in [0.1, 0.15) is 6.04 Å². The summed E-state index contributed by atoms with van der Waals surface area (Å²) in [5.41, 5.74) is 1.74. The second-order valence-electron chi connectivity index (χ2n) is 6.26. The highest BCUT2D eigenvalue weighted by molar-refractivity contribution is 5.92. The molecule has 1 aromatic rings. The topological polar surface area (TPSA) is 116 Å². The van der Waals surface area contributed by atoms with E-state index in [-0.39, 0.29) is 12.8 Å². The van der Waals surface area contributed by atoms with E-state index < -0.39 is 24.0 Å². The van der Waals surface area contributed by atoms with E-state index in [1.165, 1.54) is 0 Å². The van der Waals surface area contributed by atoms with Crippen LogP contribution in [0.15, 0.2) is 24.3 Å². The molecule has 0 radical (unpaired) electrons. The molecular weight excluding hydrogens is 324 g/mol. The second kappa shape index (κ2) is 10.3. The number of urea groups is 1. The van der Waals surface area contributed by atoms with Crippen LogP contribution in [-0.4, -0.2) is 34.2 Å². The van der Waals surface area contributed by atoms with Gasteiger partial charge in [-0.1, -0.05) is 38.8 Å². The molecule has 138 valence electrons. The number of benzene rings is 1. The van der Waals surface area contributed by atoms with Crippen molar-refractivity contribution in [3.63, 3.8) is 0 Å². The van der Waals surface area contributed by atoms with Gasteiger partial charge in [0, 0.05) is 12.1 Å². The molecule has 7 nitrogen and oxygen atoms in total. The second-order valence-corrected chi connectivity index (χ2v) is 6.26. The van der Waals surface area contributed by atoms with Gasteiger partial charge < -0.3 is 20.8 Å². The maximum Gasteiger partial charge on any atom is 0.326 e. The first-order valence-electron chi connectivity index (χ1n) is 8.41. The lowest BCUT2D eigenvalue weighted by Gasteiger charge is -2.15. The van der Waals surface area contributed by atoms with E-state index in [0.29, 0.717) is 30.9 Å². The van der Waals surface area contributed by atoms with Crippen LogP contribution in [0.5, 0.6) is 0 Å². The van der Waals surface area contributed by atoms with E-state index >= 15 is 0 Å². The van der Waals surface area contributed by atoms with Crippen molar-refractivity contribution in [1.82, 2.24) is 5.32 Å². The first-order valence-corrected chi connectivity index (χ1v) is 8.41. The molecule has 0 bridgehead atoms. The van der Waals surface area contributed by atoms with Crippen LogP contribution in [0.2, 0.25) is 0 Å². The van der Waals surface area contributed by atoms with Gasteiger partial charge in [-0.3, -0.25) is 4.79 Å². The molecule has 1 aromatic carbocycles. The van der Waals surface area contributed by atoms with Gasteiger partial charge in [-0.05, 0) is 36.5 Å². The molecule has 0 spiro atoms. The standard InChI is InChI=1S/C18H26N2O5/c1-12(2)13-8-10-14(11-9-13)19-18(25)20-15(17(23)24)6-4-3-5-7-16(21)22/h8-12,15H,3-7H2,1-2H3,(H,21,22)(H,23,24)(H2,19,20,25)/t15-/m0/s1. The number of carboxylic acid groups (broad SMARTS) is 2. The summed E-state index contributed by atoms with van der Waals surface area (Å²) in [6.45, 7) is 4.14. The van der Waals surface area contributed by atoms with E-state index in [0.717, 1.165) is 5.56 Å². The molecule has 25 heavy (non-hydrogen) atoms. The Hall–Kier alpha value is -2.57. The van der Waals surface area contributed by atoms with Crippen molar-refractivity contribution in [2.45, 2.75) is 57.9 Å². The van der Waals surface area contributed by atoms with Crippen LogP contribution in [0.1, 0.15) is 57.4 Å². The van der Waals surface area contributed by atoms with E-state index in [1.54, 1.807) is 12.1 Å². The van der Waals surface area contributed by atoms with Crippen LogP contribution < -0.4 is 10.6 Å². The minimum Gasteiger partial charge on any atom is -0.481 e. The van der Waals surface area contributed by atoms with Gasteiger partial charge in [0.2, 0.25) is 0 Å². The number of carbonyl (C=O) groups excluding carboxylic acids is 1. The van der Waals surface area contributed by atoms with Gasteiger partial charge >= 0.3 is 18.0 Å². The van der Waals surface area contributed by atoms with Crippen LogP contribution >= 0.6 is 0 Å². The maximum atomic E-state index is 12.0. The van der Waals surface area contributed by atoms with E-state index in [2.05, 4.69) is 24.5 Å². The molecule has 7 heteroatoms. The molecule has 2 amide bonds. The predicted molar refractivity (Wildman–Crippen MR) is 94.8 cm³/mol. The summed E-state index contributed by atoms with van der Waals surface area (Å²) in [7, 11) is 0. The summed E-state index contributed by atoms with van der Waals surface area (Å²) in [4.78, 5) is 33.6. The highest BCUT2D eigenvalue weighted by Gasteiger charge is 2.19.